The minimum Gasteiger partial charge on any atom is -0.315 e. The average Bonchev–Trinajstić information content (AvgIpc) is 2.79. The fourth-order valence-corrected chi connectivity index (χ4v) is 5.82. The second-order valence-corrected chi connectivity index (χ2v) is 8.15. The van der Waals surface area contributed by atoms with E-state index in [1.807, 2.05) is 24.2 Å². The molecule has 0 aromatic carbocycles. The Hall–Kier alpha value is -0.0800. The summed E-state index contributed by atoms with van der Waals surface area (Å²) in [5, 5.41) is 4.83. The SMILES string of the molecule is CNCc1sccc1S(=O)(=O)NC1CCSCC1. The quantitative estimate of drug-likeness (QED) is 0.868. The maximum Gasteiger partial charge on any atom is 0.241 e. The van der Waals surface area contributed by atoms with Gasteiger partial charge in [-0.3, -0.25) is 0 Å². The molecule has 0 amide bonds. The van der Waals surface area contributed by atoms with E-state index >= 15 is 0 Å². The molecule has 7 heteroatoms. The summed E-state index contributed by atoms with van der Waals surface area (Å²) in [5.41, 5.74) is 0. The van der Waals surface area contributed by atoms with E-state index in [2.05, 4.69) is 10.0 Å². The summed E-state index contributed by atoms with van der Waals surface area (Å²) in [7, 11) is -1.54. The van der Waals surface area contributed by atoms with Crippen molar-refractivity contribution < 1.29 is 8.42 Å². The van der Waals surface area contributed by atoms with Gasteiger partial charge in [-0.2, -0.15) is 11.8 Å². The highest BCUT2D eigenvalue weighted by molar-refractivity contribution is 7.99. The Labute approximate surface area is 117 Å². The third-order valence-electron chi connectivity index (χ3n) is 2.87. The van der Waals surface area contributed by atoms with Gasteiger partial charge in [0.25, 0.3) is 0 Å². The van der Waals surface area contributed by atoms with Crippen molar-refractivity contribution in [3.63, 3.8) is 0 Å². The minimum absolute atomic E-state index is 0.0959. The van der Waals surface area contributed by atoms with Gasteiger partial charge in [0.15, 0.2) is 0 Å². The van der Waals surface area contributed by atoms with E-state index in [-0.39, 0.29) is 6.04 Å². The summed E-state index contributed by atoms with van der Waals surface area (Å²) in [4.78, 5) is 1.30. The Morgan fingerprint density at radius 2 is 2.11 bits per heavy atom. The molecule has 1 fully saturated rings. The molecule has 4 nitrogen and oxygen atoms in total. The molecule has 102 valence electrons. The largest absolute Gasteiger partial charge is 0.315 e. The molecule has 0 saturated carbocycles. The van der Waals surface area contributed by atoms with Gasteiger partial charge in [0.2, 0.25) is 10.0 Å². The molecular formula is C11H18N2O2S3. The first-order valence-electron chi connectivity index (χ1n) is 5.94. The van der Waals surface area contributed by atoms with E-state index in [1.165, 1.54) is 11.3 Å². The maximum atomic E-state index is 12.3. The lowest BCUT2D eigenvalue weighted by Gasteiger charge is -2.22. The van der Waals surface area contributed by atoms with Crippen LogP contribution >= 0.6 is 23.1 Å². The Balaban J connectivity index is 2.11. The summed E-state index contributed by atoms with van der Waals surface area (Å²) >= 11 is 3.37. The van der Waals surface area contributed by atoms with Crippen molar-refractivity contribution in [3.8, 4) is 0 Å². The van der Waals surface area contributed by atoms with Gasteiger partial charge in [0.05, 0.1) is 4.90 Å². The third kappa shape index (κ3) is 3.48. The van der Waals surface area contributed by atoms with Crippen LogP contribution in [0.4, 0.5) is 0 Å². The van der Waals surface area contributed by atoms with E-state index in [0.29, 0.717) is 11.4 Å². The summed E-state index contributed by atoms with van der Waals surface area (Å²) in [5.74, 6) is 2.08. The van der Waals surface area contributed by atoms with Gasteiger partial charge in [0, 0.05) is 17.5 Å². The summed E-state index contributed by atoms with van der Waals surface area (Å²) in [6.07, 6.45) is 1.85. The first-order valence-corrected chi connectivity index (χ1v) is 9.46. The number of thioether (sulfide) groups is 1. The molecule has 2 N–H and O–H groups in total. The molecule has 1 aliphatic rings. The molecule has 0 bridgehead atoms. The number of rotatable bonds is 5. The fraction of sp³-hybridized carbons (Fsp3) is 0.636. The highest BCUT2D eigenvalue weighted by Crippen LogP contribution is 2.24. The zero-order valence-corrected chi connectivity index (χ0v) is 12.8. The number of nitrogens with one attached hydrogen (secondary N) is 2. The molecule has 0 spiro atoms. The van der Waals surface area contributed by atoms with Crippen molar-refractivity contribution in [2.45, 2.75) is 30.3 Å². The van der Waals surface area contributed by atoms with Crippen LogP contribution in [-0.4, -0.2) is 33.0 Å². The molecule has 1 aromatic heterocycles. The molecular weight excluding hydrogens is 288 g/mol. The number of hydrogen-bond acceptors (Lipinski definition) is 5. The van der Waals surface area contributed by atoms with Crippen molar-refractivity contribution in [2.75, 3.05) is 18.6 Å². The van der Waals surface area contributed by atoms with Crippen LogP contribution in [0.15, 0.2) is 16.3 Å². The summed E-state index contributed by atoms with van der Waals surface area (Å²) in [6, 6.07) is 1.79. The first-order chi connectivity index (χ1) is 8.63. The molecule has 2 heterocycles. The van der Waals surface area contributed by atoms with Gasteiger partial charge in [-0.1, -0.05) is 0 Å². The second-order valence-electron chi connectivity index (χ2n) is 4.25. The molecule has 18 heavy (non-hydrogen) atoms. The van der Waals surface area contributed by atoms with Gasteiger partial charge >= 0.3 is 0 Å². The molecule has 0 radical (unpaired) electrons. The van der Waals surface area contributed by atoms with Crippen molar-refractivity contribution in [1.82, 2.24) is 10.0 Å². The maximum absolute atomic E-state index is 12.3. The van der Waals surface area contributed by atoms with Gasteiger partial charge in [-0.05, 0) is 42.8 Å². The van der Waals surface area contributed by atoms with E-state index in [9.17, 15) is 8.42 Å². The summed E-state index contributed by atoms with van der Waals surface area (Å²) in [6.45, 7) is 0.592. The Kier molecular flexibility index (Phi) is 5.08. The standard InChI is InChI=1S/C11H18N2O2S3/c1-12-8-10-11(4-7-17-10)18(14,15)13-9-2-5-16-6-3-9/h4,7,9,12-13H,2-3,5-6,8H2,1H3. The number of sulfonamides is 1. The van der Waals surface area contributed by atoms with Gasteiger partial charge < -0.3 is 5.32 Å². The molecule has 0 unspecified atom stereocenters. The van der Waals surface area contributed by atoms with Crippen LogP contribution in [0.1, 0.15) is 17.7 Å². The Morgan fingerprint density at radius 3 is 2.78 bits per heavy atom. The lowest BCUT2D eigenvalue weighted by atomic mass is 10.2. The monoisotopic (exact) mass is 306 g/mol. The zero-order valence-electron chi connectivity index (χ0n) is 10.3. The van der Waals surface area contributed by atoms with E-state index < -0.39 is 10.0 Å². The molecule has 0 atom stereocenters. The predicted molar refractivity (Wildman–Crippen MR) is 77.8 cm³/mol. The van der Waals surface area contributed by atoms with Gasteiger partial charge in [-0.25, -0.2) is 13.1 Å². The molecule has 1 saturated heterocycles. The number of thiophene rings is 1. The third-order valence-corrected chi connectivity index (χ3v) is 6.58. The van der Waals surface area contributed by atoms with Crippen LogP contribution in [0.2, 0.25) is 0 Å². The van der Waals surface area contributed by atoms with Crippen LogP contribution in [-0.2, 0) is 16.6 Å². The van der Waals surface area contributed by atoms with Crippen molar-refractivity contribution in [3.05, 3.63) is 16.3 Å². The first kappa shape index (κ1) is 14.3. The van der Waals surface area contributed by atoms with Crippen LogP contribution < -0.4 is 10.0 Å². The fourth-order valence-electron chi connectivity index (χ4n) is 1.96. The molecule has 0 aliphatic carbocycles. The Bertz CT molecular complexity index is 478. The van der Waals surface area contributed by atoms with Crippen LogP contribution in [0.5, 0.6) is 0 Å². The lowest BCUT2D eigenvalue weighted by Crippen LogP contribution is -2.37. The second kappa shape index (κ2) is 6.38. The minimum atomic E-state index is -3.36. The van der Waals surface area contributed by atoms with Crippen molar-refractivity contribution in [2.24, 2.45) is 0 Å². The van der Waals surface area contributed by atoms with Crippen molar-refractivity contribution >= 4 is 33.1 Å². The average molecular weight is 306 g/mol. The van der Waals surface area contributed by atoms with E-state index in [1.54, 1.807) is 6.07 Å². The topological polar surface area (TPSA) is 58.2 Å². The van der Waals surface area contributed by atoms with Crippen LogP contribution in [0.25, 0.3) is 0 Å². The highest BCUT2D eigenvalue weighted by atomic mass is 32.2. The van der Waals surface area contributed by atoms with E-state index in [4.69, 9.17) is 0 Å². The van der Waals surface area contributed by atoms with Crippen LogP contribution in [0, 0.1) is 0 Å². The zero-order chi connectivity index (χ0) is 13.0. The highest BCUT2D eigenvalue weighted by Gasteiger charge is 2.24. The molecule has 2 rings (SSSR count). The normalized spacial score (nSPS) is 18.1. The smallest absolute Gasteiger partial charge is 0.241 e. The van der Waals surface area contributed by atoms with Gasteiger partial charge in [-0.15, -0.1) is 11.3 Å². The van der Waals surface area contributed by atoms with Gasteiger partial charge in [0.1, 0.15) is 0 Å². The van der Waals surface area contributed by atoms with E-state index in [0.717, 1.165) is 29.2 Å². The molecule has 1 aliphatic heterocycles. The lowest BCUT2D eigenvalue weighted by molar-refractivity contribution is 0.528. The molecule has 1 aromatic rings. The van der Waals surface area contributed by atoms with Crippen LogP contribution in [0.3, 0.4) is 0 Å². The number of hydrogen-bond donors (Lipinski definition) is 2. The van der Waals surface area contributed by atoms with Crippen molar-refractivity contribution in [1.29, 1.82) is 0 Å². The summed E-state index contributed by atoms with van der Waals surface area (Å²) < 4.78 is 27.5. The predicted octanol–water partition coefficient (Wildman–Crippen LogP) is 1.64. The Morgan fingerprint density at radius 1 is 1.39 bits per heavy atom.